The van der Waals surface area contributed by atoms with Crippen molar-refractivity contribution in [2.24, 2.45) is 5.92 Å². The smallest absolute Gasteiger partial charge is 0.318 e. The van der Waals surface area contributed by atoms with Crippen LogP contribution in [-0.2, 0) is 0 Å². The molecule has 0 radical (unpaired) electrons. The van der Waals surface area contributed by atoms with Gasteiger partial charge in [0.15, 0.2) is 5.82 Å². The van der Waals surface area contributed by atoms with Gasteiger partial charge in [-0.3, -0.25) is 0 Å². The highest BCUT2D eigenvalue weighted by molar-refractivity contribution is 6.32. The van der Waals surface area contributed by atoms with E-state index in [2.05, 4.69) is 14.9 Å². The minimum atomic E-state index is 0.259. The van der Waals surface area contributed by atoms with Gasteiger partial charge in [-0.2, -0.15) is 4.98 Å². The van der Waals surface area contributed by atoms with Crippen LogP contribution in [0, 0.1) is 5.92 Å². The molecule has 0 aliphatic carbocycles. The van der Waals surface area contributed by atoms with Crippen LogP contribution < -0.4 is 9.64 Å². The summed E-state index contributed by atoms with van der Waals surface area (Å²) >= 11 is 6.09. The number of aromatic nitrogens is 2. The number of ether oxygens (including phenoxy) is 1. The fourth-order valence-electron chi connectivity index (χ4n) is 1.99. The lowest BCUT2D eigenvalue weighted by atomic mass is 9.98. The van der Waals surface area contributed by atoms with E-state index in [0.717, 1.165) is 31.7 Å². The molecule has 2 rings (SSSR count). The predicted octanol–water partition coefficient (Wildman–Crippen LogP) is 1.35. The molecule has 1 N–H and O–H groups in total. The molecular weight excluding hydrogens is 242 g/mol. The lowest BCUT2D eigenvalue weighted by molar-refractivity contribution is 0.202. The summed E-state index contributed by atoms with van der Waals surface area (Å²) in [5.41, 5.74) is 0. The lowest BCUT2D eigenvalue weighted by Gasteiger charge is -2.32. The predicted molar refractivity (Wildman–Crippen MR) is 65.6 cm³/mol. The molecule has 1 aromatic heterocycles. The number of nitrogens with zero attached hydrogens (tertiary/aromatic N) is 3. The first-order valence-electron chi connectivity index (χ1n) is 5.67. The van der Waals surface area contributed by atoms with E-state index in [1.54, 1.807) is 6.20 Å². The minimum Gasteiger partial charge on any atom is -0.467 e. The topological polar surface area (TPSA) is 58.5 Å². The third-order valence-electron chi connectivity index (χ3n) is 3.06. The Hall–Kier alpha value is -1.07. The number of aliphatic hydroxyl groups excluding tert-OH is 1. The van der Waals surface area contributed by atoms with E-state index in [1.165, 1.54) is 7.11 Å². The van der Waals surface area contributed by atoms with E-state index in [0.29, 0.717) is 17.0 Å². The van der Waals surface area contributed by atoms with E-state index in [-0.39, 0.29) is 6.61 Å². The van der Waals surface area contributed by atoms with Crippen molar-refractivity contribution in [1.82, 2.24) is 9.97 Å². The third kappa shape index (κ3) is 2.79. The second-order valence-electron chi connectivity index (χ2n) is 4.14. The zero-order valence-corrected chi connectivity index (χ0v) is 10.5. The van der Waals surface area contributed by atoms with Gasteiger partial charge >= 0.3 is 6.01 Å². The molecule has 94 valence electrons. The maximum absolute atomic E-state index is 9.09. The lowest BCUT2D eigenvalue weighted by Crippen LogP contribution is -2.35. The summed E-state index contributed by atoms with van der Waals surface area (Å²) in [6.07, 6.45) is 3.47. The molecule has 1 aliphatic heterocycles. The molecular formula is C11H16ClN3O2. The Morgan fingerprint density at radius 1 is 1.53 bits per heavy atom. The summed E-state index contributed by atoms with van der Waals surface area (Å²) in [5, 5.41) is 9.63. The summed E-state index contributed by atoms with van der Waals surface area (Å²) < 4.78 is 5.00. The third-order valence-corrected chi connectivity index (χ3v) is 3.32. The van der Waals surface area contributed by atoms with Crippen molar-refractivity contribution in [3.05, 3.63) is 11.2 Å². The van der Waals surface area contributed by atoms with Crippen molar-refractivity contribution in [1.29, 1.82) is 0 Å². The SMILES string of the molecule is COc1ncc(Cl)c(N2CCC(CO)CC2)n1. The number of aliphatic hydroxyl groups is 1. The zero-order valence-electron chi connectivity index (χ0n) is 9.77. The van der Waals surface area contributed by atoms with Crippen LogP contribution in [0.1, 0.15) is 12.8 Å². The fraction of sp³-hybridized carbons (Fsp3) is 0.636. The van der Waals surface area contributed by atoms with Crippen molar-refractivity contribution in [2.75, 3.05) is 31.7 Å². The number of halogens is 1. The Kier molecular flexibility index (Phi) is 4.02. The summed E-state index contributed by atoms with van der Waals surface area (Å²) in [6, 6.07) is 0.327. The number of rotatable bonds is 3. The molecule has 5 nitrogen and oxygen atoms in total. The number of hydrogen-bond donors (Lipinski definition) is 1. The van der Waals surface area contributed by atoms with Crippen LogP contribution in [0.3, 0.4) is 0 Å². The van der Waals surface area contributed by atoms with E-state index >= 15 is 0 Å². The average Bonchev–Trinajstić information content (AvgIpc) is 2.39. The largest absolute Gasteiger partial charge is 0.467 e. The number of hydrogen-bond acceptors (Lipinski definition) is 5. The zero-order chi connectivity index (χ0) is 12.3. The molecule has 1 aromatic rings. The van der Waals surface area contributed by atoms with Gasteiger partial charge in [0, 0.05) is 19.7 Å². The summed E-state index contributed by atoms with van der Waals surface area (Å²) in [7, 11) is 1.53. The van der Waals surface area contributed by atoms with Crippen LogP contribution in [0.4, 0.5) is 5.82 Å². The minimum absolute atomic E-state index is 0.259. The summed E-state index contributed by atoms with van der Waals surface area (Å²) in [4.78, 5) is 10.3. The van der Waals surface area contributed by atoms with Gasteiger partial charge in [-0.25, -0.2) is 4.98 Å². The molecule has 1 fully saturated rings. The van der Waals surface area contributed by atoms with Crippen LogP contribution in [0.15, 0.2) is 6.20 Å². The van der Waals surface area contributed by atoms with E-state index in [9.17, 15) is 0 Å². The van der Waals surface area contributed by atoms with Crippen LogP contribution in [0.25, 0.3) is 0 Å². The quantitative estimate of drug-likeness (QED) is 0.886. The maximum Gasteiger partial charge on any atom is 0.318 e. The Labute approximate surface area is 105 Å². The Bertz CT molecular complexity index is 381. The van der Waals surface area contributed by atoms with Crippen molar-refractivity contribution in [3.8, 4) is 6.01 Å². The monoisotopic (exact) mass is 257 g/mol. The molecule has 0 bridgehead atoms. The molecule has 1 aliphatic rings. The molecule has 0 saturated carbocycles. The molecule has 2 heterocycles. The molecule has 0 unspecified atom stereocenters. The number of methoxy groups -OCH3 is 1. The molecule has 1 saturated heterocycles. The van der Waals surface area contributed by atoms with E-state index < -0.39 is 0 Å². The van der Waals surface area contributed by atoms with Gasteiger partial charge in [0.1, 0.15) is 5.02 Å². The van der Waals surface area contributed by atoms with Crippen LogP contribution in [0.5, 0.6) is 6.01 Å². The first-order chi connectivity index (χ1) is 8.24. The van der Waals surface area contributed by atoms with Crippen molar-refractivity contribution < 1.29 is 9.84 Å². The van der Waals surface area contributed by atoms with Crippen molar-refractivity contribution in [3.63, 3.8) is 0 Å². The van der Waals surface area contributed by atoms with Crippen molar-refractivity contribution in [2.45, 2.75) is 12.8 Å². The average molecular weight is 258 g/mol. The normalized spacial score (nSPS) is 17.2. The molecule has 0 aromatic carbocycles. The van der Waals surface area contributed by atoms with Gasteiger partial charge in [0.25, 0.3) is 0 Å². The van der Waals surface area contributed by atoms with Crippen LogP contribution in [0.2, 0.25) is 5.02 Å². The Morgan fingerprint density at radius 2 is 2.24 bits per heavy atom. The highest BCUT2D eigenvalue weighted by Gasteiger charge is 2.21. The van der Waals surface area contributed by atoms with E-state index in [1.807, 2.05) is 0 Å². The van der Waals surface area contributed by atoms with Gasteiger partial charge in [0.2, 0.25) is 0 Å². The molecule has 0 atom stereocenters. The fourth-order valence-corrected chi connectivity index (χ4v) is 2.20. The molecule has 0 spiro atoms. The van der Waals surface area contributed by atoms with Gasteiger partial charge in [0.05, 0.1) is 13.3 Å². The standard InChI is InChI=1S/C11H16ClN3O2/c1-17-11-13-6-9(12)10(14-11)15-4-2-8(7-16)3-5-15/h6,8,16H,2-5,7H2,1H3. The highest BCUT2D eigenvalue weighted by atomic mass is 35.5. The summed E-state index contributed by atoms with van der Waals surface area (Å²) in [6.45, 7) is 1.96. The highest BCUT2D eigenvalue weighted by Crippen LogP contribution is 2.28. The second kappa shape index (κ2) is 5.51. The molecule has 6 heteroatoms. The van der Waals surface area contributed by atoms with Gasteiger partial charge in [-0.15, -0.1) is 0 Å². The first kappa shape index (κ1) is 12.4. The Morgan fingerprint density at radius 3 is 2.82 bits per heavy atom. The van der Waals surface area contributed by atoms with Gasteiger partial charge < -0.3 is 14.7 Å². The van der Waals surface area contributed by atoms with E-state index in [4.69, 9.17) is 21.4 Å². The second-order valence-corrected chi connectivity index (χ2v) is 4.55. The van der Waals surface area contributed by atoms with Crippen molar-refractivity contribution >= 4 is 17.4 Å². The van der Waals surface area contributed by atoms with Crippen LogP contribution in [-0.4, -0.2) is 41.9 Å². The molecule has 17 heavy (non-hydrogen) atoms. The maximum atomic E-state index is 9.09. The number of piperidine rings is 1. The van der Waals surface area contributed by atoms with Crippen LogP contribution >= 0.6 is 11.6 Å². The first-order valence-corrected chi connectivity index (χ1v) is 6.04. The molecule has 0 amide bonds. The summed E-state index contributed by atoms with van der Waals surface area (Å²) in [5.74, 6) is 1.11. The Balaban J connectivity index is 2.12. The number of anilines is 1. The van der Waals surface area contributed by atoms with Gasteiger partial charge in [-0.1, -0.05) is 11.6 Å². The van der Waals surface area contributed by atoms with Gasteiger partial charge in [-0.05, 0) is 18.8 Å².